The van der Waals surface area contributed by atoms with Crippen molar-refractivity contribution < 1.29 is 14.4 Å². The number of nitrogens with one attached hydrogen (secondary N) is 2. The fourth-order valence-corrected chi connectivity index (χ4v) is 3.23. The van der Waals surface area contributed by atoms with E-state index in [1.807, 2.05) is 13.8 Å². The Morgan fingerprint density at radius 1 is 1.04 bits per heavy atom. The highest BCUT2D eigenvalue weighted by atomic mass is 16.2. The van der Waals surface area contributed by atoms with E-state index in [9.17, 15) is 14.4 Å². The van der Waals surface area contributed by atoms with Gasteiger partial charge < -0.3 is 22.1 Å². The molecule has 7 nitrogen and oxygen atoms in total. The normalized spacial score (nSPS) is 17.3. The van der Waals surface area contributed by atoms with Crippen LogP contribution in [0.3, 0.4) is 0 Å². The largest absolute Gasteiger partial charge is 0.368 e. The van der Waals surface area contributed by atoms with Crippen molar-refractivity contribution in [3.05, 3.63) is 0 Å². The molecule has 1 saturated carbocycles. The maximum absolute atomic E-state index is 12.6. The first-order valence-electron chi connectivity index (χ1n) is 9.45. The van der Waals surface area contributed by atoms with Crippen LogP contribution in [-0.2, 0) is 14.4 Å². The Morgan fingerprint density at radius 3 is 2.20 bits per heavy atom. The van der Waals surface area contributed by atoms with Crippen molar-refractivity contribution in [1.29, 1.82) is 0 Å². The summed E-state index contributed by atoms with van der Waals surface area (Å²) in [5.41, 5.74) is 10.9. The molecule has 0 radical (unpaired) electrons. The van der Waals surface area contributed by atoms with E-state index in [4.69, 9.17) is 11.5 Å². The summed E-state index contributed by atoms with van der Waals surface area (Å²) < 4.78 is 0. The second-order valence-corrected chi connectivity index (χ2v) is 7.42. The van der Waals surface area contributed by atoms with Crippen molar-refractivity contribution >= 4 is 17.7 Å². The lowest BCUT2D eigenvalue weighted by Crippen LogP contribution is -2.53. The summed E-state index contributed by atoms with van der Waals surface area (Å²) in [4.78, 5) is 36.6. The molecule has 0 unspecified atom stereocenters. The first-order chi connectivity index (χ1) is 11.8. The maximum atomic E-state index is 12.6. The number of hydrogen-bond acceptors (Lipinski definition) is 4. The molecule has 144 valence electrons. The highest BCUT2D eigenvalue weighted by Crippen LogP contribution is 2.25. The molecule has 0 aromatic carbocycles. The minimum absolute atomic E-state index is 0.00703. The zero-order valence-electron chi connectivity index (χ0n) is 15.6. The fourth-order valence-electron chi connectivity index (χ4n) is 3.23. The monoisotopic (exact) mass is 354 g/mol. The van der Waals surface area contributed by atoms with Crippen molar-refractivity contribution in [1.82, 2.24) is 10.6 Å². The van der Waals surface area contributed by atoms with E-state index in [0.29, 0.717) is 19.4 Å². The molecule has 0 heterocycles. The standard InChI is InChI=1S/C18H34N4O3/c1-12(2)11-15(16(20)23)22-18(25)14(9-5-6-10-19)21-17(24)13-7-3-4-8-13/h12-15H,3-11,19H2,1-2H3,(H2,20,23)(H,21,24)(H,22,25)/t14-,15-/m0/s1. The molecular formula is C18H34N4O3. The van der Waals surface area contributed by atoms with Crippen LogP contribution >= 0.6 is 0 Å². The Balaban J connectivity index is 2.69. The van der Waals surface area contributed by atoms with Gasteiger partial charge in [-0.05, 0) is 51.0 Å². The molecule has 0 aliphatic heterocycles. The van der Waals surface area contributed by atoms with Crippen molar-refractivity contribution in [2.24, 2.45) is 23.3 Å². The van der Waals surface area contributed by atoms with Crippen LogP contribution in [0.15, 0.2) is 0 Å². The summed E-state index contributed by atoms with van der Waals surface area (Å²) >= 11 is 0. The zero-order chi connectivity index (χ0) is 18.8. The second-order valence-electron chi connectivity index (χ2n) is 7.42. The van der Waals surface area contributed by atoms with Gasteiger partial charge in [-0.1, -0.05) is 26.7 Å². The molecule has 3 amide bonds. The zero-order valence-corrected chi connectivity index (χ0v) is 15.6. The highest BCUT2D eigenvalue weighted by molar-refractivity contribution is 5.92. The molecule has 0 aromatic rings. The van der Waals surface area contributed by atoms with E-state index in [1.54, 1.807) is 0 Å². The Morgan fingerprint density at radius 2 is 1.68 bits per heavy atom. The summed E-state index contributed by atoms with van der Waals surface area (Å²) in [6.45, 7) is 4.47. The number of carbonyl (C=O) groups is 3. The molecule has 0 saturated heterocycles. The third kappa shape index (κ3) is 7.86. The van der Waals surface area contributed by atoms with E-state index in [1.165, 1.54) is 0 Å². The third-order valence-corrected chi connectivity index (χ3v) is 4.67. The van der Waals surface area contributed by atoms with Crippen LogP contribution in [0.5, 0.6) is 0 Å². The molecule has 1 rings (SSSR count). The van der Waals surface area contributed by atoms with Crippen LogP contribution < -0.4 is 22.1 Å². The van der Waals surface area contributed by atoms with Gasteiger partial charge in [0.25, 0.3) is 0 Å². The van der Waals surface area contributed by atoms with E-state index < -0.39 is 18.0 Å². The minimum atomic E-state index is -0.715. The van der Waals surface area contributed by atoms with Crippen LogP contribution in [0.1, 0.15) is 65.2 Å². The average molecular weight is 354 g/mol. The van der Waals surface area contributed by atoms with Crippen molar-refractivity contribution in [2.45, 2.75) is 77.3 Å². The van der Waals surface area contributed by atoms with Crippen molar-refractivity contribution in [3.8, 4) is 0 Å². The SMILES string of the molecule is CC(C)C[C@H](NC(=O)[C@H](CCCCN)NC(=O)C1CCCC1)C(N)=O. The quantitative estimate of drug-likeness (QED) is 0.409. The topological polar surface area (TPSA) is 127 Å². The molecular weight excluding hydrogens is 320 g/mol. The Hall–Kier alpha value is -1.63. The van der Waals surface area contributed by atoms with Gasteiger partial charge in [0.2, 0.25) is 17.7 Å². The van der Waals surface area contributed by atoms with E-state index in [0.717, 1.165) is 38.5 Å². The summed E-state index contributed by atoms with van der Waals surface area (Å²) in [7, 11) is 0. The number of hydrogen-bond donors (Lipinski definition) is 4. The van der Waals surface area contributed by atoms with Gasteiger partial charge in [-0.2, -0.15) is 0 Å². The highest BCUT2D eigenvalue weighted by Gasteiger charge is 2.29. The van der Waals surface area contributed by atoms with Gasteiger partial charge in [-0.15, -0.1) is 0 Å². The lowest BCUT2D eigenvalue weighted by atomic mass is 10.0. The molecule has 25 heavy (non-hydrogen) atoms. The number of unbranched alkanes of at least 4 members (excludes halogenated alkanes) is 1. The van der Waals surface area contributed by atoms with E-state index >= 15 is 0 Å². The lowest BCUT2D eigenvalue weighted by Gasteiger charge is -2.24. The second kappa shape index (κ2) is 11.1. The third-order valence-electron chi connectivity index (χ3n) is 4.67. The van der Waals surface area contributed by atoms with E-state index in [-0.39, 0.29) is 23.7 Å². The molecule has 0 spiro atoms. The van der Waals surface area contributed by atoms with Crippen LogP contribution in [-0.4, -0.2) is 36.3 Å². The van der Waals surface area contributed by atoms with Gasteiger partial charge in [0.1, 0.15) is 12.1 Å². The smallest absolute Gasteiger partial charge is 0.243 e. The van der Waals surface area contributed by atoms with Gasteiger partial charge in [0, 0.05) is 5.92 Å². The summed E-state index contributed by atoms with van der Waals surface area (Å²) in [5.74, 6) is -0.739. The lowest BCUT2D eigenvalue weighted by molar-refractivity contribution is -0.133. The predicted octanol–water partition coefficient (Wildman–Crippen LogP) is 0.807. The van der Waals surface area contributed by atoms with Crippen LogP contribution in [0.25, 0.3) is 0 Å². The molecule has 0 bridgehead atoms. The first-order valence-corrected chi connectivity index (χ1v) is 9.45. The van der Waals surface area contributed by atoms with Crippen molar-refractivity contribution in [3.63, 3.8) is 0 Å². The van der Waals surface area contributed by atoms with Crippen molar-refractivity contribution in [2.75, 3.05) is 6.54 Å². The number of rotatable bonds is 11. The molecule has 1 fully saturated rings. The average Bonchev–Trinajstić information content (AvgIpc) is 3.07. The first kappa shape index (κ1) is 21.4. The summed E-state index contributed by atoms with van der Waals surface area (Å²) in [6.07, 6.45) is 6.38. The van der Waals surface area contributed by atoms with Gasteiger partial charge >= 0.3 is 0 Å². The van der Waals surface area contributed by atoms with Crippen LogP contribution in [0, 0.1) is 11.8 Å². The number of amides is 3. The molecule has 1 aliphatic rings. The number of primary amides is 1. The molecule has 1 aliphatic carbocycles. The van der Waals surface area contributed by atoms with Crippen LogP contribution in [0.2, 0.25) is 0 Å². The van der Waals surface area contributed by atoms with Crippen LogP contribution in [0.4, 0.5) is 0 Å². The number of nitrogens with two attached hydrogens (primary N) is 2. The minimum Gasteiger partial charge on any atom is -0.368 e. The van der Waals surface area contributed by atoms with Gasteiger partial charge in [-0.3, -0.25) is 14.4 Å². The molecule has 7 heteroatoms. The Kier molecular flexibility index (Phi) is 9.49. The van der Waals surface area contributed by atoms with Gasteiger partial charge in [0.15, 0.2) is 0 Å². The molecule has 2 atom stereocenters. The Bertz CT molecular complexity index is 448. The number of carbonyl (C=O) groups excluding carboxylic acids is 3. The van der Waals surface area contributed by atoms with E-state index in [2.05, 4.69) is 10.6 Å². The fraction of sp³-hybridized carbons (Fsp3) is 0.833. The molecule has 6 N–H and O–H groups in total. The summed E-state index contributed by atoms with van der Waals surface area (Å²) in [5, 5.41) is 5.58. The van der Waals surface area contributed by atoms with Gasteiger partial charge in [-0.25, -0.2) is 0 Å². The summed E-state index contributed by atoms with van der Waals surface area (Å²) in [6, 6.07) is -1.36. The Labute approximate surface area is 150 Å². The molecule has 0 aromatic heterocycles. The predicted molar refractivity (Wildman–Crippen MR) is 97.4 cm³/mol. The van der Waals surface area contributed by atoms with Gasteiger partial charge in [0.05, 0.1) is 0 Å². The maximum Gasteiger partial charge on any atom is 0.243 e.